The number of hydrogen-bond donors (Lipinski definition) is 1. The number of nitrogens with zero attached hydrogens (tertiary/aromatic N) is 3. The van der Waals surface area contributed by atoms with Crippen LogP contribution in [-0.2, 0) is 0 Å². The predicted octanol–water partition coefficient (Wildman–Crippen LogP) is 3.47. The van der Waals surface area contributed by atoms with Crippen LogP contribution in [0.15, 0.2) is 66.0 Å². The molecular formula is C16H14N4. The van der Waals surface area contributed by atoms with Crippen molar-refractivity contribution in [2.75, 3.05) is 5.43 Å². The number of hydrazone groups is 1. The van der Waals surface area contributed by atoms with E-state index in [-0.39, 0.29) is 0 Å². The van der Waals surface area contributed by atoms with Crippen LogP contribution in [0.25, 0.3) is 10.9 Å². The van der Waals surface area contributed by atoms with Crippen LogP contribution in [0, 0.1) is 0 Å². The number of pyridine rings is 2. The maximum atomic E-state index is 4.51. The first kappa shape index (κ1) is 12.3. The normalized spacial score (nSPS) is 11.6. The third kappa shape index (κ3) is 2.64. The van der Waals surface area contributed by atoms with Crippen LogP contribution >= 0.6 is 0 Å². The molecule has 0 fully saturated rings. The molecule has 0 saturated heterocycles. The Hall–Kier alpha value is -2.75. The molecule has 0 aliphatic carbocycles. The van der Waals surface area contributed by atoms with Gasteiger partial charge in [-0.1, -0.05) is 24.3 Å². The minimum atomic E-state index is 0.729. The zero-order valence-corrected chi connectivity index (χ0v) is 11.1. The average molecular weight is 262 g/mol. The summed E-state index contributed by atoms with van der Waals surface area (Å²) in [6.07, 6.45) is 3.53. The first-order valence-electron chi connectivity index (χ1n) is 6.39. The molecule has 2 aromatic heterocycles. The minimum Gasteiger partial charge on any atom is -0.264 e. The van der Waals surface area contributed by atoms with Gasteiger partial charge in [0.2, 0.25) is 0 Å². The van der Waals surface area contributed by atoms with Gasteiger partial charge in [0, 0.05) is 23.3 Å². The number of hydrogen-bond acceptors (Lipinski definition) is 4. The second-order valence-electron chi connectivity index (χ2n) is 4.44. The highest BCUT2D eigenvalue weighted by molar-refractivity contribution is 5.98. The Balaban J connectivity index is 1.83. The molecule has 0 unspecified atom stereocenters. The molecule has 4 nitrogen and oxygen atoms in total. The third-order valence-corrected chi connectivity index (χ3v) is 3.02. The Morgan fingerprint density at radius 1 is 1.05 bits per heavy atom. The molecule has 0 amide bonds. The largest absolute Gasteiger partial charge is 0.264 e. The zero-order chi connectivity index (χ0) is 13.8. The molecule has 3 rings (SSSR count). The highest BCUT2D eigenvalue weighted by atomic mass is 15.3. The lowest BCUT2D eigenvalue weighted by atomic mass is 10.2. The van der Waals surface area contributed by atoms with Gasteiger partial charge in [-0.05, 0) is 31.2 Å². The number of fused-ring (bicyclic) bond motifs is 1. The number of nitrogens with one attached hydrogen (secondary N) is 1. The van der Waals surface area contributed by atoms with Crippen molar-refractivity contribution >= 4 is 22.4 Å². The van der Waals surface area contributed by atoms with Crippen LogP contribution in [0.4, 0.5) is 5.82 Å². The van der Waals surface area contributed by atoms with Gasteiger partial charge < -0.3 is 0 Å². The van der Waals surface area contributed by atoms with Crippen molar-refractivity contribution in [3.63, 3.8) is 0 Å². The Morgan fingerprint density at radius 3 is 2.80 bits per heavy atom. The third-order valence-electron chi connectivity index (χ3n) is 3.02. The fourth-order valence-corrected chi connectivity index (χ4v) is 1.91. The highest BCUT2D eigenvalue weighted by Crippen LogP contribution is 2.14. The van der Waals surface area contributed by atoms with Gasteiger partial charge in [0.1, 0.15) is 5.82 Å². The lowest BCUT2D eigenvalue weighted by Gasteiger charge is -2.04. The number of para-hydroxylation sites is 1. The topological polar surface area (TPSA) is 50.2 Å². The van der Waals surface area contributed by atoms with Crippen molar-refractivity contribution in [2.45, 2.75) is 6.92 Å². The maximum Gasteiger partial charge on any atom is 0.146 e. The van der Waals surface area contributed by atoms with Gasteiger partial charge in [0.15, 0.2) is 0 Å². The van der Waals surface area contributed by atoms with Gasteiger partial charge >= 0.3 is 0 Å². The summed E-state index contributed by atoms with van der Waals surface area (Å²) in [4.78, 5) is 8.58. The summed E-state index contributed by atoms with van der Waals surface area (Å²) in [7, 11) is 0. The fourth-order valence-electron chi connectivity index (χ4n) is 1.91. The first-order chi connectivity index (χ1) is 9.83. The van der Waals surface area contributed by atoms with Crippen molar-refractivity contribution in [3.05, 3.63) is 66.5 Å². The van der Waals surface area contributed by atoms with Crippen LogP contribution in [0.2, 0.25) is 0 Å². The van der Waals surface area contributed by atoms with E-state index in [0.29, 0.717) is 0 Å². The highest BCUT2D eigenvalue weighted by Gasteiger charge is 1.98. The fraction of sp³-hybridized carbons (Fsp3) is 0.0625. The van der Waals surface area contributed by atoms with Crippen LogP contribution in [-0.4, -0.2) is 15.7 Å². The maximum absolute atomic E-state index is 4.51. The van der Waals surface area contributed by atoms with E-state index in [1.807, 2.05) is 55.5 Å². The molecule has 20 heavy (non-hydrogen) atoms. The van der Waals surface area contributed by atoms with Crippen LogP contribution < -0.4 is 5.43 Å². The number of rotatable bonds is 3. The molecule has 4 heteroatoms. The molecule has 1 N–H and O–H groups in total. The summed E-state index contributed by atoms with van der Waals surface area (Å²) < 4.78 is 0. The SMILES string of the molecule is C/C(=N\Nc1ccc2ccccc2n1)c1cccnc1. The quantitative estimate of drug-likeness (QED) is 0.581. The molecule has 0 aliphatic rings. The van der Waals surface area contributed by atoms with Gasteiger partial charge in [0.05, 0.1) is 11.2 Å². The molecule has 0 aliphatic heterocycles. The van der Waals surface area contributed by atoms with Gasteiger partial charge in [-0.3, -0.25) is 10.4 Å². The Kier molecular flexibility index (Phi) is 3.37. The average Bonchev–Trinajstić information content (AvgIpc) is 2.53. The Labute approximate surface area is 117 Å². The second-order valence-corrected chi connectivity index (χ2v) is 4.44. The van der Waals surface area contributed by atoms with Crippen LogP contribution in [0.3, 0.4) is 0 Å². The van der Waals surface area contributed by atoms with Crippen LogP contribution in [0.1, 0.15) is 12.5 Å². The Bertz CT molecular complexity index is 751. The summed E-state index contributed by atoms with van der Waals surface area (Å²) >= 11 is 0. The minimum absolute atomic E-state index is 0.729. The van der Waals surface area contributed by atoms with E-state index in [1.165, 1.54) is 0 Å². The first-order valence-corrected chi connectivity index (χ1v) is 6.39. The van der Waals surface area contributed by atoms with Crippen LogP contribution in [0.5, 0.6) is 0 Å². The summed E-state index contributed by atoms with van der Waals surface area (Å²) in [5.74, 6) is 0.729. The number of benzene rings is 1. The van der Waals surface area contributed by atoms with Gasteiger partial charge in [-0.25, -0.2) is 4.98 Å². The summed E-state index contributed by atoms with van der Waals surface area (Å²) in [6, 6.07) is 15.8. The molecule has 0 radical (unpaired) electrons. The van der Waals surface area contributed by atoms with E-state index in [4.69, 9.17) is 0 Å². The van der Waals surface area contributed by atoms with E-state index >= 15 is 0 Å². The molecular weight excluding hydrogens is 248 g/mol. The number of aromatic nitrogens is 2. The molecule has 0 atom stereocenters. The van der Waals surface area contributed by atoms with E-state index in [2.05, 4.69) is 20.5 Å². The van der Waals surface area contributed by atoms with Gasteiger partial charge in [-0.15, -0.1) is 0 Å². The van der Waals surface area contributed by atoms with Crippen molar-refractivity contribution in [3.8, 4) is 0 Å². The standard InChI is InChI=1S/C16H14N4/c1-12(14-6-4-10-17-11-14)19-20-16-9-8-13-5-2-3-7-15(13)18-16/h2-11H,1H3,(H,18,20)/b19-12+. The molecule has 1 aromatic carbocycles. The molecule has 98 valence electrons. The van der Waals surface area contributed by atoms with E-state index in [9.17, 15) is 0 Å². The molecule has 0 bridgehead atoms. The molecule has 0 spiro atoms. The van der Waals surface area contributed by atoms with Crippen molar-refractivity contribution in [2.24, 2.45) is 5.10 Å². The van der Waals surface area contributed by atoms with Crippen molar-refractivity contribution in [1.82, 2.24) is 9.97 Å². The van der Waals surface area contributed by atoms with Gasteiger partial charge in [0.25, 0.3) is 0 Å². The predicted molar refractivity (Wildman–Crippen MR) is 81.8 cm³/mol. The van der Waals surface area contributed by atoms with Crippen molar-refractivity contribution in [1.29, 1.82) is 0 Å². The lowest BCUT2D eigenvalue weighted by Crippen LogP contribution is -2.01. The second kappa shape index (κ2) is 5.48. The molecule has 2 heterocycles. The van der Waals surface area contributed by atoms with E-state index in [1.54, 1.807) is 12.4 Å². The smallest absolute Gasteiger partial charge is 0.146 e. The molecule has 3 aromatic rings. The summed E-state index contributed by atoms with van der Waals surface area (Å²) in [6.45, 7) is 1.94. The monoisotopic (exact) mass is 262 g/mol. The van der Waals surface area contributed by atoms with E-state index < -0.39 is 0 Å². The lowest BCUT2D eigenvalue weighted by molar-refractivity contribution is 1.24. The van der Waals surface area contributed by atoms with Crippen molar-refractivity contribution < 1.29 is 0 Å². The van der Waals surface area contributed by atoms with Gasteiger partial charge in [-0.2, -0.15) is 5.10 Å². The zero-order valence-electron chi connectivity index (χ0n) is 11.1. The summed E-state index contributed by atoms with van der Waals surface area (Å²) in [5, 5.41) is 5.45. The summed E-state index contributed by atoms with van der Waals surface area (Å²) in [5.41, 5.74) is 5.79. The van der Waals surface area contributed by atoms with E-state index in [0.717, 1.165) is 28.0 Å². The number of anilines is 1. The Morgan fingerprint density at radius 2 is 1.95 bits per heavy atom. The molecule has 0 saturated carbocycles.